The van der Waals surface area contributed by atoms with Gasteiger partial charge in [-0.25, -0.2) is 0 Å². The molecular weight excluding hydrogens is 247 g/mol. The third kappa shape index (κ3) is 3.73. The van der Waals surface area contributed by atoms with Crippen LogP contribution in [0.3, 0.4) is 0 Å². The van der Waals surface area contributed by atoms with E-state index in [9.17, 15) is 18.0 Å². The van der Waals surface area contributed by atoms with Crippen molar-refractivity contribution in [1.29, 1.82) is 0 Å². The number of halogens is 3. The van der Waals surface area contributed by atoms with Gasteiger partial charge in [0, 0.05) is 0 Å². The third-order valence-electron chi connectivity index (χ3n) is 2.62. The molecule has 0 aliphatic carbocycles. The molecule has 6 heteroatoms. The van der Waals surface area contributed by atoms with Gasteiger partial charge in [-0.05, 0) is 38.2 Å². The van der Waals surface area contributed by atoms with E-state index in [-0.39, 0.29) is 6.42 Å². The Bertz CT molecular complexity index is 412. The number of likely N-dealkylation sites (N-methyl/N-ethyl adjacent to an activating group) is 1. The van der Waals surface area contributed by atoms with Gasteiger partial charge in [-0.1, -0.05) is 12.1 Å². The molecule has 1 rings (SSSR count). The highest BCUT2D eigenvalue weighted by Crippen LogP contribution is 2.29. The summed E-state index contributed by atoms with van der Waals surface area (Å²) >= 11 is 0. The first kappa shape index (κ1) is 14.5. The highest BCUT2D eigenvalue weighted by Gasteiger charge is 2.30. The van der Waals surface area contributed by atoms with Crippen LogP contribution in [0.5, 0.6) is 0 Å². The van der Waals surface area contributed by atoms with Gasteiger partial charge in [-0.3, -0.25) is 9.69 Å². The average Bonchev–Trinajstić information content (AvgIpc) is 2.24. The van der Waals surface area contributed by atoms with Crippen molar-refractivity contribution in [2.45, 2.75) is 18.6 Å². The number of benzene rings is 1. The van der Waals surface area contributed by atoms with E-state index in [1.54, 1.807) is 14.1 Å². The van der Waals surface area contributed by atoms with Crippen molar-refractivity contribution in [3.63, 3.8) is 0 Å². The van der Waals surface area contributed by atoms with Crippen LogP contribution in [0.15, 0.2) is 24.3 Å². The fourth-order valence-electron chi connectivity index (χ4n) is 1.54. The Labute approximate surface area is 103 Å². The average molecular weight is 261 g/mol. The van der Waals surface area contributed by atoms with Gasteiger partial charge in [0.25, 0.3) is 0 Å². The smallest absolute Gasteiger partial charge is 0.416 e. The van der Waals surface area contributed by atoms with Gasteiger partial charge in [0.1, 0.15) is 6.04 Å². The van der Waals surface area contributed by atoms with Crippen LogP contribution in [0.25, 0.3) is 0 Å². The first-order chi connectivity index (χ1) is 8.21. The minimum absolute atomic E-state index is 0.167. The minimum Gasteiger partial charge on any atom is -0.480 e. The maximum absolute atomic E-state index is 12.3. The zero-order valence-corrected chi connectivity index (χ0v) is 10.0. The molecule has 1 unspecified atom stereocenters. The van der Waals surface area contributed by atoms with Gasteiger partial charge in [0.05, 0.1) is 5.56 Å². The van der Waals surface area contributed by atoms with Gasteiger partial charge < -0.3 is 5.11 Å². The van der Waals surface area contributed by atoms with Crippen LogP contribution in [-0.2, 0) is 17.4 Å². The Balaban J connectivity index is 2.83. The molecule has 0 bridgehead atoms. The van der Waals surface area contributed by atoms with Crippen LogP contribution < -0.4 is 0 Å². The normalized spacial score (nSPS) is 13.7. The molecular formula is C12H14F3NO2. The van der Waals surface area contributed by atoms with E-state index >= 15 is 0 Å². The number of alkyl halides is 3. The standard InChI is InChI=1S/C12H14F3NO2/c1-16(2)10(11(17)18)7-8-3-5-9(6-4-8)12(13,14)15/h3-6,10H,7H2,1-2H3,(H,17,18). The number of aliphatic carboxylic acids is 1. The second kappa shape index (κ2) is 5.39. The number of rotatable bonds is 4. The summed E-state index contributed by atoms with van der Waals surface area (Å²) in [5.74, 6) is -1.00. The lowest BCUT2D eigenvalue weighted by Crippen LogP contribution is -2.37. The van der Waals surface area contributed by atoms with E-state index in [1.807, 2.05) is 0 Å². The van der Waals surface area contributed by atoms with E-state index in [0.717, 1.165) is 12.1 Å². The second-order valence-electron chi connectivity index (χ2n) is 4.22. The molecule has 0 saturated carbocycles. The van der Waals surface area contributed by atoms with Gasteiger partial charge in [-0.2, -0.15) is 13.2 Å². The number of hydrogen-bond acceptors (Lipinski definition) is 2. The van der Waals surface area contributed by atoms with Crippen LogP contribution in [0.1, 0.15) is 11.1 Å². The lowest BCUT2D eigenvalue weighted by Gasteiger charge is -2.20. The highest BCUT2D eigenvalue weighted by atomic mass is 19.4. The predicted molar refractivity (Wildman–Crippen MR) is 60.3 cm³/mol. The summed E-state index contributed by atoms with van der Waals surface area (Å²) in [6, 6.07) is 3.79. The molecule has 0 amide bonds. The topological polar surface area (TPSA) is 40.5 Å². The summed E-state index contributed by atoms with van der Waals surface area (Å²) in [5.41, 5.74) is -0.174. The number of hydrogen-bond donors (Lipinski definition) is 1. The maximum atomic E-state index is 12.3. The van der Waals surface area contributed by atoms with Crippen LogP contribution in [0, 0.1) is 0 Å². The van der Waals surface area contributed by atoms with Crippen molar-refractivity contribution in [3.05, 3.63) is 35.4 Å². The number of carboxylic acid groups (broad SMARTS) is 1. The molecule has 0 spiro atoms. The monoisotopic (exact) mass is 261 g/mol. The molecule has 0 aliphatic rings. The lowest BCUT2D eigenvalue weighted by atomic mass is 10.0. The fraction of sp³-hybridized carbons (Fsp3) is 0.417. The summed E-state index contributed by atoms with van der Waals surface area (Å²) in [5, 5.41) is 8.97. The van der Waals surface area contributed by atoms with Crippen molar-refractivity contribution in [3.8, 4) is 0 Å². The van der Waals surface area contributed by atoms with E-state index in [0.29, 0.717) is 5.56 Å². The van der Waals surface area contributed by atoms with E-state index in [2.05, 4.69) is 0 Å². The quantitative estimate of drug-likeness (QED) is 0.903. The zero-order valence-electron chi connectivity index (χ0n) is 10.0. The highest BCUT2D eigenvalue weighted by molar-refractivity contribution is 5.73. The largest absolute Gasteiger partial charge is 0.480 e. The van der Waals surface area contributed by atoms with Crippen LogP contribution >= 0.6 is 0 Å². The Morgan fingerprint density at radius 3 is 2.11 bits per heavy atom. The molecule has 1 atom stereocenters. The molecule has 0 aromatic heterocycles. The summed E-state index contributed by atoms with van der Waals surface area (Å²) in [6.07, 6.45) is -4.20. The van der Waals surface area contributed by atoms with Crippen LogP contribution in [-0.4, -0.2) is 36.1 Å². The van der Waals surface area contributed by atoms with Gasteiger partial charge >= 0.3 is 12.1 Å². The molecule has 1 aromatic rings. The summed E-state index contributed by atoms with van der Waals surface area (Å²) < 4.78 is 37.0. The number of carboxylic acids is 1. The summed E-state index contributed by atoms with van der Waals surface area (Å²) in [4.78, 5) is 12.5. The molecule has 1 aromatic carbocycles. The van der Waals surface area contributed by atoms with Crippen LogP contribution in [0.2, 0.25) is 0 Å². The number of carbonyl (C=O) groups is 1. The predicted octanol–water partition coefficient (Wildman–Crippen LogP) is 2.26. The molecule has 3 nitrogen and oxygen atoms in total. The molecule has 0 radical (unpaired) electrons. The van der Waals surface area contributed by atoms with Crippen molar-refractivity contribution in [1.82, 2.24) is 4.90 Å². The van der Waals surface area contributed by atoms with Crippen molar-refractivity contribution in [2.75, 3.05) is 14.1 Å². The van der Waals surface area contributed by atoms with Crippen LogP contribution in [0.4, 0.5) is 13.2 Å². The zero-order chi connectivity index (χ0) is 13.9. The fourth-order valence-corrected chi connectivity index (χ4v) is 1.54. The molecule has 0 heterocycles. The molecule has 100 valence electrons. The first-order valence-electron chi connectivity index (χ1n) is 5.27. The molecule has 0 aliphatic heterocycles. The van der Waals surface area contributed by atoms with Crippen molar-refractivity contribution >= 4 is 5.97 Å². The van der Waals surface area contributed by atoms with E-state index in [1.165, 1.54) is 17.0 Å². The third-order valence-corrected chi connectivity index (χ3v) is 2.62. The molecule has 0 fully saturated rings. The Hall–Kier alpha value is -1.56. The SMILES string of the molecule is CN(C)C(Cc1ccc(C(F)(F)F)cc1)C(=O)O. The van der Waals surface area contributed by atoms with E-state index < -0.39 is 23.8 Å². The van der Waals surface area contributed by atoms with Gasteiger partial charge in [0.2, 0.25) is 0 Å². The molecule has 0 saturated heterocycles. The van der Waals surface area contributed by atoms with Gasteiger partial charge in [-0.15, -0.1) is 0 Å². The molecule has 18 heavy (non-hydrogen) atoms. The number of nitrogens with zero attached hydrogens (tertiary/aromatic N) is 1. The minimum atomic E-state index is -4.37. The molecule has 1 N–H and O–H groups in total. The first-order valence-corrected chi connectivity index (χ1v) is 5.27. The maximum Gasteiger partial charge on any atom is 0.416 e. The van der Waals surface area contributed by atoms with Crippen molar-refractivity contribution < 1.29 is 23.1 Å². The summed E-state index contributed by atoms with van der Waals surface area (Å²) in [7, 11) is 3.23. The van der Waals surface area contributed by atoms with Gasteiger partial charge in [0.15, 0.2) is 0 Å². The van der Waals surface area contributed by atoms with E-state index in [4.69, 9.17) is 5.11 Å². The Morgan fingerprint density at radius 2 is 1.78 bits per heavy atom. The second-order valence-corrected chi connectivity index (χ2v) is 4.22. The summed E-state index contributed by atoms with van der Waals surface area (Å²) in [6.45, 7) is 0. The lowest BCUT2D eigenvalue weighted by molar-refractivity contribution is -0.142. The Kier molecular flexibility index (Phi) is 4.34. The van der Waals surface area contributed by atoms with Crippen molar-refractivity contribution in [2.24, 2.45) is 0 Å². The Morgan fingerprint density at radius 1 is 1.28 bits per heavy atom.